The Kier molecular flexibility index (Phi) is 6.99. The lowest BCUT2D eigenvalue weighted by Crippen LogP contribution is -2.30. The molecular formula is C19H21ClF3N3O4S. The third-order valence-electron chi connectivity index (χ3n) is 4.69. The maximum atomic E-state index is 12.9. The number of sulfonamides is 1. The van der Waals surface area contributed by atoms with Crippen molar-refractivity contribution in [2.24, 2.45) is 0 Å². The van der Waals surface area contributed by atoms with E-state index in [0.717, 1.165) is 25.0 Å². The van der Waals surface area contributed by atoms with Crippen LogP contribution in [0.1, 0.15) is 24.2 Å². The molecule has 1 fully saturated rings. The van der Waals surface area contributed by atoms with Crippen molar-refractivity contribution in [2.75, 3.05) is 32.0 Å². The zero-order valence-electron chi connectivity index (χ0n) is 16.6. The number of benzene rings is 1. The van der Waals surface area contributed by atoms with Crippen molar-refractivity contribution < 1.29 is 30.8 Å². The first-order valence-electron chi connectivity index (χ1n) is 9.41. The molecule has 1 aromatic carbocycles. The molecule has 1 N–H and O–H groups in total. The van der Waals surface area contributed by atoms with Gasteiger partial charge in [0.25, 0.3) is 10.0 Å². The first-order valence-corrected chi connectivity index (χ1v) is 11.2. The number of hydrogen-bond donors (Lipinski definition) is 1. The lowest BCUT2D eigenvalue weighted by molar-refractivity contribution is -0.137. The standard InChI is InChI=1S/C19H21ClF3N3O4S/c1-25(11-14-5-7-18(30-14)31(28,29)26-8-2-3-9-26)12-17(27)24-13-4-6-16(20)15(10-13)19(21,22)23/h4-7,10H,2-3,8-9,11-12H2,1H3,(H,24,27). The van der Waals surface area contributed by atoms with Gasteiger partial charge in [-0.15, -0.1) is 0 Å². The third-order valence-corrected chi connectivity index (χ3v) is 6.79. The van der Waals surface area contributed by atoms with E-state index in [4.69, 9.17) is 16.0 Å². The first kappa shape index (κ1) is 23.6. The number of alkyl halides is 3. The van der Waals surface area contributed by atoms with E-state index < -0.39 is 32.7 Å². The van der Waals surface area contributed by atoms with E-state index in [1.165, 1.54) is 22.5 Å². The van der Waals surface area contributed by atoms with Crippen molar-refractivity contribution in [1.29, 1.82) is 0 Å². The number of amides is 1. The predicted molar refractivity (Wildman–Crippen MR) is 108 cm³/mol. The highest BCUT2D eigenvalue weighted by Gasteiger charge is 2.33. The Labute approximate surface area is 182 Å². The SMILES string of the molecule is CN(CC(=O)Nc1ccc(Cl)c(C(F)(F)F)c1)Cc1ccc(S(=O)(=O)N2CCCC2)o1. The fourth-order valence-corrected chi connectivity index (χ4v) is 4.90. The number of carbonyl (C=O) groups is 1. The quantitative estimate of drug-likeness (QED) is 0.653. The number of anilines is 1. The third kappa shape index (κ3) is 5.79. The number of halogens is 4. The van der Waals surface area contributed by atoms with Gasteiger partial charge in [-0.2, -0.15) is 17.5 Å². The summed E-state index contributed by atoms with van der Waals surface area (Å²) in [5.74, 6) is -0.201. The molecule has 0 atom stereocenters. The van der Waals surface area contributed by atoms with Gasteiger partial charge in [-0.1, -0.05) is 11.6 Å². The fourth-order valence-electron chi connectivity index (χ4n) is 3.23. The molecule has 0 spiro atoms. The summed E-state index contributed by atoms with van der Waals surface area (Å²) in [6.45, 7) is 0.897. The van der Waals surface area contributed by atoms with Crippen LogP contribution in [0.4, 0.5) is 18.9 Å². The summed E-state index contributed by atoms with van der Waals surface area (Å²) in [5, 5.41) is 1.78. The molecule has 1 aliphatic rings. The molecule has 2 aromatic rings. The van der Waals surface area contributed by atoms with E-state index in [1.807, 2.05) is 0 Å². The molecule has 0 radical (unpaired) electrons. The Morgan fingerprint density at radius 3 is 2.55 bits per heavy atom. The number of likely N-dealkylation sites (N-methyl/N-ethyl adjacent to an activating group) is 1. The molecule has 1 aromatic heterocycles. The lowest BCUT2D eigenvalue weighted by Gasteiger charge is -2.16. The molecule has 3 rings (SSSR count). The van der Waals surface area contributed by atoms with Crippen LogP contribution in [0, 0.1) is 0 Å². The average Bonchev–Trinajstić information content (AvgIpc) is 3.34. The van der Waals surface area contributed by atoms with Gasteiger partial charge >= 0.3 is 6.18 Å². The van der Waals surface area contributed by atoms with Crippen LogP contribution in [0.15, 0.2) is 39.8 Å². The monoisotopic (exact) mass is 479 g/mol. The molecule has 2 heterocycles. The molecule has 12 heteroatoms. The van der Waals surface area contributed by atoms with Crippen LogP contribution in [0.3, 0.4) is 0 Å². The zero-order chi connectivity index (χ0) is 22.8. The Morgan fingerprint density at radius 2 is 1.90 bits per heavy atom. The molecule has 170 valence electrons. The molecule has 1 saturated heterocycles. The highest BCUT2D eigenvalue weighted by atomic mass is 35.5. The number of nitrogens with one attached hydrogen (secondary N) is 1. The van der Waals surface area contributed by atoms with Gasteiger partial charge in [-0.05, 0) is 50.2 Å². The van der Waals surface area contributed by atoms with Gasteiger partial charge in [0.15, 0.2) is 0 Å². The number of nitrogens with zero attached hydrogens (tertiary/aromatic N) is 2. The second kappa shape index (κ2) is 9.19. The van der Waals surface area contributed by atoms with Gasteiger partial charge in [0.2, 0.25) is 11.0 Å². The van der Waals surface area contributed by atoms with Crippen LogP contribution in [0.5, 0.6) is 0 Å². The van der Waals surface area contributed by atoms with Crippen LogP contribution in [0.25, 0.3) is 0 Å². The van der Waals surface area contributed by atoms with Crippen molar-refractivity contribution >= 4 is 33.2 Å². The van der Waals surface area contributed by atoms with Crippen LogP contribution in [-0.4, -0.2) is 50.2 Å². The molecule has 0 bridgehead atoms. The second-order valence-electron chi connectivity index (χ2n) is 7.24. The molecular weight excluding hydrogens is 459 g/mol. The summed E-state index contributed by atoms with van der Waals surface area (Å²) in [7, 11) is -2.07. The number of furan rings is 1. The highest BCUT2D eigenvalue weighted by molar-refractivity contribution is 7.89. The number of rotatable bonds is 7. The van der Waals surface area contributed by atoms with E-state index in [9.17, 15) is 26.4 Å². The van der Waals surface area contributed by atoms with Crippen LogP contribution in [-0.2, 0) is 27.5 Å². The Hall–Kier alpha value is -2.08. The van der Waals surface area contributed by atoms with Gasteiger partial charge in [-0.3, -0.25) is 9.69 Å². The summed E-state index contributed by atoms with van der Waals surface area (Å²) in [4.78, 5) is 13.7. The highest BCUT2D eigenvalue weighted by Crippen LogP contribution is 2.36. The molecule has 7 nitrogen and oxygen atoms in total. The molecule has 1 aliphatic heterocycles. The summed E-state index contributed by atoms with van der Waals surface area (Å²) >= 11 is 5.57. The Bertz CT molecular complexity index is 1050. The maximum Gasteiger partial charge on any atom is 0.417 e. The van der Waals surface area contributed by atoms with E-state index in [2.05, 4.69) is 5.32 Å². The minimum Gasteiger partial charge on any atom is -0.447 e. The Balaban J connectivity index is 1.58. The van der Waals surface area contributed by atoms with Crippen molar-refractivity contribution in [3.8, 4) is 0 Å². The van der Waals surface area contributed by atoms with E-state index in [0.29, 0.717) is 18.8 Å². The predicted octanol–water partition coefficient (Wildman–Crippen LogP) is 3.81. The second-order valence-corrected chi connectivity index (χ2v) is 9.52. The van der Waals surface area contributed by atoms with E-state index in [-0.39, 0.29) is 23.9 Å². The Morgan fingerprint density at radius 1 is 1.23 bits per heavy atom. The fraction of sp³-hybridized carbons (Fsp3) is 0.421. The largest absolute Gasteiger partial charge is 0.447 e. The summed E-state index contributed by atoms with van der Waals surface area (Å²) < 4.78 is 70.7. The van der Waals surface area contributed by atoms with Crippen molar-refractivity contribution in [2.45, 2.75) is 30.7 Å². The van der Waals surface area contributed by atoms with Gasteiger partial charge < -0.3 is 9.73 Å². The summed E-state index contributed by atoms with van der Waals surface area (Å²) in [6, 6.07) is 6.00. The lowest BCUT2D eigenvalue weighted by atomic mass is 10.2. The molecule has 1 amide bonds. The zero-order valence-corrected chi connectivity index (χ0v) is 18.1. The van der Waals surface area contributed by atoms with Crippen LogP contribution >= 0.6 is 11.6 Å². The number of hydrogen-bond acceptors (Lipinski definition) is 5. The van der Waals surface area contributed by atoms with Crippen LogP contribution in [0.2, 0.25) is 5.02 Å². The van der Waals surface area contributed by atoms with Gasteiger partial charge in [0.1, 0.15) is 5.76 Å². The minimum absolute atomic E-state index is 0.0351. The van der Waals surface area contributed by atoms with Crippen molar-refractivity contribution in [1.82, 2.24) is 9.21 Å². The van der Waals surface area contributed by atoms with E-state index >= 15 is 0 Å². The molecule has 0 saturated carbocycles. The molecule has 0 unspecified atom stereocenters. The van der Waals surface area contributed by atoms with Crippen molar-refractivity contribution in [3.05, 3.63) is 46.7 Å². The normalized spacial score (nSPS) is 15.5. The summed E-state index contributed by atoms with van der Waals surface area (Å²) in [6.07, 6.45) is -3.02. The maximum absolute atomic E-state index is 12.9. The smallest absolute Gasteiger partial charge is 0.417 e. The average molecular weight is 480 g/mol. The molecule has 0 aliphatic carbocycles. The number of carbonyl (C=O) groups excluding carboxylic acids is 1. The molecule has 31 heavy (non-hydrogen) atoms. The van der Waals surface area contributed by atoms with Gasteiger partial charge in [0, 0.05) is 18.8 Å². The van der Waals surface area contributed by atoms with Gasteiger partial charge in [-0.25, -0.2) is 8.42 Å². The van der Waals surface area contributed by atoms with Crippen LogP contribution < -0.4 is 5.32 Å². The van der Waals surface area contributed by atoms with E-state index in [1.54, 1.807) is 11.9 Å². The minimum atomic E-state index is -4.64. The first-order chi connectivity index (χ1) is 14.5. The topological polar surface area (TPSA) is 82.9 Å². The van der Waals surface area contributed by atoms with Crippen molar-refractivity contribution in [3.63, 3.8) is 0 Å². The van der Waals surface area contributed by atoms with Gasteiger partial charge in [0.05, 0.1) is 23.7 Å². The summed E-state index contributed by atoms with van der Waals surface area (Å²) in [5.41, 5.74) is -1.07.